The second-order valence-corrected chi connectivity index (χ2v) is 4.88. The fraction of sp³-hybridized carbons (Fsp3) is 0.200. The van der Waals surface area contributed by atoms with Crippen LogP contribution in [0.1, 0.15) is 10.4 Å². The van der Waals surface area contributed by atoms with Crippen LogP contribution in [0.15, 0.2) is 22.5 Å². The molecule has 84 valence electrons. The third-order valence-corrected chi connectivity index (χ3v) is 3.89. The zero-order chi connectivity index (χ0) is 11.7. The van der Waals surface area contributed by atoms with Crippen molar-refractivity contribution in [2.24, 2.45) is 7.05 Å². The Balaban J connectivity index is 2.66. The maximum Gasteiger partial charge on any atom is 0.340 e. The predicted octanol–water partition coefficient (Wildman–Crippen LogP) is 2.57. The lowest BCUT2D eigenvalue weighted by Gasteiger charge is -1.97. The Bertz CT molecular complexity index is 517. The quantitative estimate of drug-likeness (QED) is 0.855. The Kier molecular flexibility index (Phi) is 3.02. The van der Waals surface area contributed by atoms with Crippen molar-refractivity contribution in [1.29, 1.82) is 0 Å². The maximum atomic E-state index is 11.2. The van der Waals surface area contributed by atoms with Crippen LogP contribution in [-0.4, -0.2) is 27.1 Å². The zero-order valence-corrected chi connectivity index (χ0v) is 10.4. The van der Waals surface area contributed by atoms with Crippen molar-refractivity contribution >= 4 is 29.1 Å². The third kappa shape index (κ3) is 1.74. The highest BCUT2D eigenvalue weighted by Gasteiger charge is 2.23. The number of carbonyl (C=O) groups is 1. The van der Waals surface area contributed by atoms with Gasteiger partial charge in [-0.15, -0.1) is 23.1 Å². The summed E-state index contributed by atoms with van der Waals surface area (Å²) >= 11 is 2.88. The fourth-order valence-corrected chi connectivity index (χ4v) is 2.93. The second kappa shape index (κ2) is 4.31. The summed E-state index contributed by atoms with van der Waals surface area (Å²) < 4.78 is 1.61. The molecule has 0 aliphatic carbocycles. The Morgan fingerprint density at radius 2 is 2.38 bits per heavy atom. The number of hydrogen-bond acceptors (Lipinski definition) is 4. The van der Waals surface area contributed by atoms with Crippen molar-refractivity contribution in [2.45, 2.75) is 5.03 Å². The van der Waals surface area contributed by atoms with Crippen molar-refractivity contribution < 1.29 is 9.90 Å². The molecule has 0 aliphatic heterocycles. The van der Waals surface area contributed by atoms with Crippen LogP contribution in [0.4, 0.5) is 0 Å². The normalized spacial score (nSPS) is 10.6. The van der Waals surface area contributed by atoms with E-state index < -0.39 is 5.97 Å². The van der Waals surface area contributed by atoms with Crippen LogP contribution in [0.2, 0.25) is 0 Å². The van der Waals surface area contributed by atoms with Crippen LogP contribution in [0.5, 0.6) is 0 Å². The molecule has 2 heterocycles. The van der Waals surface area contributed by atoms with Crippen molar-refractivity contribution in [1.82, 2.24) is 9.78 Å². The van der Waals surface area contributed by atoms with Gasteiger partial charge in [0.15, 0.2) is 0 Å². The number of aromatic nitrogens is 2. The number of hydrogen-bond donors (Lipinski definition) is 1. The van der Waals surface area contributed by atoms with Crippen LogP contribution >= 0.6 is 23.1 Å². The smallest absolute Gasteiger partial charge is 0.340 e. The lowest BCUT2D eigenvalue weighted by Crippen LogP contribution is -1.99. The second-order valence-electron chi connectivity index (χ2n) is 3.14. The molecule has 0 fully saturated rings. The molecule has 0 saturated carbocycles. The van der Waals surface area contributed by atoms with Crippen LogP contribution < -0.4 is 0 Å². The first-order valence-corrected chi connectivity index (χ1v) is 6.63. The molecule has 0 aliphatic rings. The Hall–Kier alpha value is -1.27. The highest BCUT2D eigenvalue weighted by Crippen LogP contribution is 2.32. The van der Waals surface area contributed by atoms with E-state index in [1.54, 1.807) is 11.7 Å². The molecule has 0 atom stereocenters. The number of carboxylic acid groups (broad SMARTS) is 1. The van der Waals surface area contributed by atoms with E-state index in [0.29, 0.717) is 10.7 Å². The van der Waals surface area contributed by atoms with Crippen LogP contribution in [-0.2, 0) is 7.05 Å². The minimum absolute atomic E-state index is 0.289. The summed E-state index contributed by atoms with van der Waals surface area (Å²) in [6.07, 6.45) is 1.85. The Morgan fingerprint density at radius 1 is 1.62 bits per heavy atom. The van der Waals surface area contributed by atoms with Gasteiger partial charge < -0.3 is 5.11 Å². The van der Waals surface area contributed by atoms with Gasteiger partial charge in [0.1, 0.15) is 16.3 Å². The highest BCUT2D eigenvalue weighted by molar-refractivity contribution is 7.98. The molecule has 0 bridgehead atoms. The predicted molar refractivity (Wildman–Crippen MR) is 65.3 cm³/mol. The van der Waals surface area contributed by atoms with Crippen LogP contribution in [0.3, 0.4) is 0 Å². The van der Waals surface area contributed by atoms with E-state index in [1.165, 1.54) is 23.1 Å². The molecule has 0 saturated heterocycles. The molecule has 0 unspecified atom stereocenters. The molecule has 0 spiro atoms. The van der Waals surface area contributed by atoms with E-state index >= 15 is 0 Å². The summed E-state index contributed by atoms with van der Waals surface area (Å²) in [4.78, 5) is 12.1. The molecule has 1 N–H and O–H groups in total. The van der Waals surface area contributed by atoms with Gasteiger partial charge in [0.25, 0.3) is 0 Å². The average molecular weight is 254 g/mol. The zero-order valence-electron chi connectivity index (χ0n) is 8.80. The minimum atomic E-state index is -0.930. The molecule has 6 heteroatoms. The van der Waals surface area contributed by atoms with Crippen molar-refractivity contribution in [3.63, 3.8) is 0 Å². The first-order chi connectivity index (χ1) is 7.65. The monoisotopic (exact) mass is 254 g/mol. The number of rotatable bonds is 3. The van der Waals surface area contributed by atoms with Gasteiger partial charge in [-0.05, 0) is 17.7 Å². The molecule has 2 aromatic rings. The fourth-order valence-electron chi connectivity index (χ4n) is 1.52. The van der Waals surface area contributed by atoms with Crippen LogP contribution in [0, 0.1) is 0 Å². The van der Waals surface area contributed by atoms with Crippen LogP contribution in [0.25, 0.3) is 10.6 Å². The number of carboxylic acids is 1. The van der Waals surface area contributed by atoms with Gasteiger partial charge >= 0.3 is 5.97 Å². The topological polar surface area (TPSA) is 55.1 Å². The molecular weight excluding hydrogens is 244 g/mol. The largest absolute Gasteiger partial charge is 0.478 e. The van der Waals surface area contributed by atoms with Gasteiger partial charge in [-0.1, -0.05) is 6.07 Å². The summed E-state index contributed by atoms with van der Waals surface area (Å²) in [6.45, 7) is 0. The summed E-state index contributed by atoms with van der Waals surface area (Å²) in [7, 11) is 1.76. The summed E-state index contributed by atoms with van der Waals surface area (Å²) in [5.74, 6) is -0.930. The number of nitrogens with zero attached hydrogens (tertiary/aromatic N) is 2. The lowest BCUT2D eigenvalue weighted by atomic mass is 10.2. The molecular formula is C10H10N2O2S2. The molecule has 2 rings (SSSR count). The maximum absolute atomic E-state index is 11.2. The van der Waals surface area contributed by atoms with Crippen molar-refractivity contribution in [3.05, 3.63) is 23.1 Å². The van der Waals surface area contributed by atoms with E-state index in [9.17, 15) is 9.90 Å². The Morgan fingerprint density at radius 3 is 2.88 bits per heavy atom. The van der Waals surface area contributed by atoms with E-state index in [1.807, 2.05) is 23.8 Å². The summed E-state index contributed by atoms with van der Waals surface area (Å²) in [6, 6.07) is 3.77. The molecule has 16 heavy (non-hydrogen) atoms. The number of thioether (sulfide) groups is 1. The molecule has 0 radical (unpaired) electrons. The molecule has 0 amide bonds. The molecule has 4 nitrogen and oxygen atoms in total. The highest BCUT2D eigenvalue weighted by atomic mass is 32.2. The molecule has 2 aromatic heterocycles. The molecule has 0 aromatic carbocycles. The van der Waals surface area contributed by atoms with E-state index in [2.05, 4.69) is 5.10 Å². The van der Waals surface area contributed by atoms with Gasteiger partial charge in [0.2, 0.25) is 0 Å². The first kappa shape index (κ1) is 11.2. The average Bonchev–Trinajstić information content (AvgIpc) is 2.83. The number of aromatic carboxylic acids is 1. The standard InChI is InChI=1S/C10H10N2O2S2/c1-12-9(15-2)7(10(13)14)8(11-12)6-4-3-5-16-6/h3-5H,1-2H3,(H,13,14). The lowest BCUT2D eigenvalue weighted by molar-refractivity contribution is 0.0693. The number of thiophene rings is 1. The van der Waals surface area contributed by atoms with Gasteiger partial charge in [-0.25, -0.2) is 4.79 Å². The van der Waals surface area contributed by atoms with Crippen molar-refractivity contribution in [2.75, 3.05) is 6.26 Å². The summed E-state index contributed by atoms with van der Waals surface area (Å²) in [5, 5.41) is 16.1. The van der Waals surface area contributed by atoms with E-state index in [-0.39, 0.29) is 5.56 Å². The first-order valence-electron chi connectivity index (χ1n) is 4.53. The SMILES string of the molecule is CSc1c(C(=O)O)c(-c2cccs2)nn1C. The number of aryl methyl sites for hydroxylation is 1. The van der Waals surface area contributed by atoms with Gasteiger partial charge in [0, 0.05) is 7.05 Å². The minimum Gasteiger partial charge on any atom is -0.478 e. The van der Waals surface area contributed by atoms with Gasteiger partial charge in [-0.2, -0.15) is 5.10 Å². The van der Waals surface area contributed by atoms with Gasteiger partial charge in [0.05, 0.1) is 4.88 Å². The van der Waals surface area contributed by atoms with Gasteiger partial charge in [-0.3, -0.25) is 4.68 Å². The van der Waals surface area contributed by atoms with E-state index in [4.69, 9.17) is 0 Å². The van der Waals surface area contributed by atoms with Crippen molar-refractivity contribution in [3.8, 4) is 10.6 Å². The summed E-state index contributed by atoms with van der Waals surface area (Å²) in [5.41, 5.74) is 0.840. The third-order valence-electron chi connectivity index (χ3n) is 2.16. The Labute approximate surface area is 101 Å². The van der Waals surface area contributed by atoms with E-state index in [0.717, 1.165) is 4.88 Å².